The quantitative estimate of drug-likeness (QED) is 0.0478. The predicted molar refractivity (Wildman–Crippen MR) is 198 cm³/mol. The van der Waals surface area contributed by atoms with E-state index in [1.165, 1.54) is 0 Å². The number of hydrogen-bond donors (Lipinski definition) is 6. The van der Waals surface area contributed by atoms with E-state index in [-0.39, 0.29) is 42.1 Å². The number of anilines is 7. The smallest absolute Gasteiger partial charge is 0.305 e. The van der Waals surface area contributed by atoms with Crippen LogP contribution in [0.5, 0.6) is 5.75 Å². The van der Waals surface area contributed by atoms with E-state index in [1.807, 2.05) is 24.3 Å². The van der Waals surface area contributed by atoms with Crippen LogP contribution < -0.4 is 37.1 Å². The Morgan fingerprint density at radius 2 is 1.73 bits per heavy atom. The van der Waals surface area contributed by atoms with Crippen LogP contribution in [0.15, 0.2) is 79.0 Å². The van der Waals surface area contributed by atoms with Gasteiger partial charge < -0.3 is 46.5 Å². The van der Waals surface area contributed by atoms with E-state index in [1.54, 1.807) is 62.6 Å². The Morgan fingerprint density at radius 1 is 0.942 bits per heavy atom. The number of nitrogen functional groups attached to an aromatic ring is 1. The van der Waals surface area contributed by atoms with Crippen LogP contribution in [0, 0.1) is 11.7 Å². The third-order valence-electron chi connectivity index (χ3n) is 7.57. The molecule has 52 heavy (non-hydrogen) atoms. The molecular formula is C37H45FN8O6. The molecule has 1 saturated heterocycles. The molecule has 0 spiro atoms. The van der Waals surface area contributed by atoms with Crippen molar-refractivity contribution in [3.63, 3.8) is 0 Å². The van der Waals surface area contributed by atoms with Crippen molar-refractivity contribution in [1.29, 1.82) is 0 Å². The standard InChI is InChI=1S/C24H27FN6O3.C13H18N2O3/c1-33-11-12-34-20-7-5-17(6-8-20)30-24-27-15-21(25)22(31-24)28-18-3-2-4-19(13-18)29-23(32)16-9-10-26-14-16;1-2-13(17)18-9-5-8-12(16)15-11-7-4-3-6-10(11)14/h2-8,13,15-16,26H,9-12,14H2,1H3,(H,29,32)(H2,27,28,30,31);3-4,6-7H,2,5,8-9,14H2,1H3,(H,15,16). The number of nitrogens with two attached hydrogens (primary N) is 1. The Kier molecular flexibility index (Phi) is 15.6. The molecular weight excluding hydrogens is 671 g/mol. The number of nitrogens with zero attached hydrogens (tertiary/aromatic N) is 2. The summed E-state index contributed by atoms with van der Waals surface area (Å²) in [4.78, 5) is 43.1. The normalized spacial score (nSPS) is 13.2. The number of methoxy groups -OCH3 is 1. The van der Waals surface area contributed by atoms with Gasteiger partial charge in [0, 0.05) is 43.6 Å². The molecule has 0 radical (unpaired) electrons. The second-order valence-electron chi connectivity index (χ2n) is 11.6. The van der Waals surface area contributed by atoms with Crippen molar-refractivity contribution in [3.05, 3.63) is 84.8 Å². The van der Waals surface area contributed by atoms with Gasteiger partial charge in [-0.15, -0.1) is 0 Å². The average molecular weight is 717 g/mol. The van der Waals surface area contributed by atoms with Gasteiger partial charge in [-0.25, -0.2) is 9.37 Å². The highest BCUT2D eigenvalue weighted by molar-refractivity contribution is 5.94. The van der Waals surface area contributed by atoms with E-state index in [2.05, 4.69) is 36.6 Å². The number of carbonyl (C=O) groups excluding carboxylic acids is 3. The molecule has 0 saturated carbocycles. The molecule has 0 aliphatic carbocycles. The summed E-state index contributed by atoms with van der Waals surface area (Å²) in [5.41, 5.74) is 8.77. The summed E-state index contributed by atoms with van der Waals surface area (Å²) in [5, 5.41) is 14.8. The number of carbonyl (C=O) groups is 3. The first-order chi connectivity index (χ1) is 25.2. The highest BCUT2D eigenvalue weighted by Crippen LogP contribution is 2.24. The van der Waals surface area contributed by atoms with E-state index in [0.29, 0.717) is 67.5 Å². The second-order valence-corrected chi connectivity index (χ2v) is 11.6. The molecule has 276 valence electrons. The summed E-state index contributed by atoms with van der Waals surface area (Å²) in [6, 6.07) is 21.4. The first-order valence-electron chi connectivity index (χ1n) is 16.9. The predicted octanol–water partition coefficient (Wildman–Crippen LogP) is 5.62. The lowest BCUT2D eigenvalue weighted by Gasteiger charge is -2.13. The molecule has 1 atom stereocenters. The molecule has 0 bridgehead atoms. The molecule has 1 aromatic heterocycles. The number of ether oxygens (including phenoxy) is 3. The fraction of sp³-hybridized carbons (Fsp3) is 0.324. The molecule has 1 fully saturated rings. The van der Waals surface area contributed by atoms with Crippen molar-refractivity contribution in [2.75, 3.05) is 67.0 Å². The fourth-order valence-corrected chi connectivity index (χ4v) is 4.80. The van der Waals surface area contributed by atoms with Crippen molar-refractivity contribution in [2.24, 2.45) is 5.92 Å². The molecule has 1 aliphatic rings. The molecule has 2 heterocycles. The highest BCUT2D eigenvalue weighted by atomic mass is 19.1. The van der Waals surface area contributed by atoms with Crippen molar-refractivity contribution in [2.45, 2.75) is 32.6 Å². The summed E-state index contributed by atoms with van der Waals surface area (Å²) >= 11 is 0. The van der Waals surface area contributed by atoms with Crippen LogP contribution in [0.3, 0.4) is 0 Å². The number of aromatic nitrogens is 2. The minimum absolute atomic E-state index is 0.0143. The molecule has 3 aromatic carbocycles. The summed E-state index contributed by atoms with van der Waals surface area (Å²) in [5.74, 6) is -0.105. The molecule has 5 rings (SSSR count). The number of benzene rings is 3. The zero-order valence-electron chi connectivity index (χ0n) is 29.2. The second kappa shape index (κ2) is 20.8. The lowest BCUT2D eigenvalue weighted by molar-refractivity contribution is -0.143. The van der Waals surface area contributed by atoms with Gasteiger partial charge in [0.2, 0.25) is 17.8 Å². The number of halogens is 1. The van der Waals surface area contributed by atoms with E-state index < -0.39 is 5.82 Å². The number of esters is 1. The van der Waals surface area contributed by atoms with E-state index in [4.69, 9.17) is 19.9 Å². The van der Waals surface area contributed by atoms with Crippen molar-refractivity contribution in [3.8, 4) is 5.75 Å². The van der Waals surface area contributed by atoms with Crippen LogP contribution in [0.4, 0.5) is 44.6 Å². The Bertz CT molecular complexity index is 1750. The van der Waals surface area contributed by atoms with Gasteiger partial charge in [-0.05, 0) is 74.0 Å². The third-order valence-corrected chi connectivity index (χ3v) is 7.57. The topological polar surface area (TPSA) is 191 Å². The number of hydrogen-bond acceptors (Lipinski definition) is 12. The number of rotatable bonds is 16. The molecule has 7 N–H and O–H groups in total. The van der Waals surface area contributed by atoms with Crippen LogP contribution in [-0.4, -0.2) is 67.8 Å². The van der Waals surface area contributed by atoms with E-state index in [9.17, 15) is 18.8 Å². The molecule has 2 amide bonds. The van der Waals surface area contributed by atoms with Gasteiger partial charge in [0.05, 0.1) is 36.7 Å². The fourth-order valence-electron chi connectivity index (χ4n) is 4.80. The first-order valence-corrected chi connectivity index (χ1v) is 16.9. The SMILES string of the molecule is CCC(=O)OCCCC(=O)Nc1ccccc1N.COCCOc1ccc(Nc2ncc(F)c(Nc3cccc(NC(=O)C4CCNC4)c3)n2)cc1. The number of amides is 2. The average Bonchev–Trinajstić information content (AvgIpc) is 3.70. The molecule has 14 nitrogen and oxygen atoms in total. The zero-order valence-corrected chi connectivity index (χ0v) is 29.2. The Morgan fingerprint density at radius 3 is 2.46 bits per heavy atom. The van der Waals surface area contributed by atoms with Crippen molar-refractivity contribution in [1.82, 2.24) is 15.3 Å². The summed E-state index contributed by atoms with van der Waals surface area (Å²) in [6.45, 7) is 4.48. The van der Waals surface area contributed by atoms with Crippen molar-refractivity contribution >= 4 is 58.0 Å². The van der Waals surface area contributed by atoms with Crippen molar-refractivity contribution < 1.29 is 33.0 Å². The highest BCUT2D eigenvalue weighted by Gasteiger charge is 2.22. The number of para-hydroxylation sites is 2. The van der Waals surface area contributed by atoms with Gasteiger partial charge in [0.15, 0.2) is 11.6 Å². The first kappa shape index (κ1) is 39.0. The largest absolute Gasteiger partial charge is 0.491 e. The lowest BCUT2D eigenvalue weighted by atomic mass is 10.1. The Labute approximate surface area is 302 Å². The van der Waals surface area contributed by atoms with Gasteiger partial charge in [-0.1, -0.05) is 25.1 Å². The van der Waals surface area contributed by atoms with Gasteiger partial charge in [0.1, 0.15) is 12.4 Å². The van der Waals surface area contributed by atoms with Gasteiger partial charge in [-0.3, -0.25) is 14.4 Å². The van der Waals surface area contributed by atoms with Crippen LogP contribution in [0.1, 0.15) is 32.6 Å². The van der Waals surface area contributed by atoms with Crippen LogP contribution in [-0.2, 0) is 23.9 Å². The molecule has 15 heteroatoms. The maximum atomic E-state index is 14.4. The molecule has 4 aromatic rings. The minimum Gasteiger partial charge on any atom is -0.491 e. The summed E-state index contributed by atoms with van der Waals surface area (Å²) in [7, 11) is 1.62. The van der Waals surface area contributed by atoms with Gasteiger partial charge in [-0.2, -0.15) is 4.98 Å². The Hall–Kier alpha value is -5.80. The van der Waals surface area contributed by atoms with Gasteiger partial charge in [0.25, 0.3) is 0 Å². The lowest BCUT2D eigenvalue weighted by Crippen LogP contribution is -2.24. The van der Waals surface area contributed by atoms with Crippen LogP contribution >= 0.6 is 0 Å². The minimum atomic E-state index is -0.598. The van der Waals surface area contributed by atoms with E-state index in [0.717, 1.165) is 24.8 Å². The Balaban J connectivity index is 0.000000284. The number of nitrogens with one attached hydrogen (secondary N) is 5. The zero-order chi connectivity index (χ0) is 37.1. The van der Waals surface area contributed by atoms with Crippen LogP contribution in [0.2, 0.25) is 0 Å². The summed E-state index contributed by atoms with van der Waals surface area (Å²) < 4.78 is 29.8. The third kappa shape index (κ3) is 13.2. The molecule has 1 unspecified atom stereocenters. The summed E-state index contributed by atoms with van der Waals surface area (Å²) in [6.07, 6.45) is 3.07. The van der Waals surface area contributed by atoms with Crippen LogP contribution in [0.25, 0.3) is 0 Å². The van der Waals surface area contributed by atoms with Gasteiger partial charge >= 0.3 is 5.97 Å². The maximum Gasteiger partial charge on any atom is 0.305 e. The molecule has 1 aliphatic heterocycles. The van der Waals surface area contributed by atoms with E-state index >= 15 is 0 Å². The monoisotopic (exact) mass is 716 g/mol. The maximum absolute atomic E-state index is 14.4.